The van der Waals surface area contributed by atoms with Crippen LogP contribution in [-0.2, 0) is 11.8 Å². The number of hydrogen-bond acceptors (Lipinski definition) is 3. The van der Waals surface area contributed by atoms with E-state index < -0.39 is 0 Å². The number of halogens is 1. The van der Waals surface area contributed by atoms with Crippen LogP contribution < -0.4 is 16.2 Å². The van der Waals surface area contributed by atoms with Gasteiger partial charge < -0.3 is 15.2 Å². The summed E-state index contributed by atoms with van der Waals surface area (Å²) in [5.41, 5.74) is 1.47. The Morgan fingerprint density at radius 2 is 2.10 bits per heavy atom. The second-order valence-electron chi connectivity index (χ2n) is 5.60. The van der Waals surface area contributed by atoms with Crippen LogP contribution in [0.5, 0.6) is 0 Å². The minimum absolute atomic E-state index is 0. The number of aromatic nitrogens is 1. The summed E-state index contributed by atoms with van der Waals surface area (Å²) in [4.78, 5) is 23.4. The minimum Gasteiger partial charge on any atom is -0.325 e. The number of nitrogens with zero attached hydrogens (tertiary/aromatic N) is 1. The molecule has 0 spiro atoms. The first-order valence-corrected chi connectivity index (χ1v) is 7.24. The predicted octanol–water partition coefficient (Wildman–Crippen LogP) is 1.83. The topological polar surface area (TPSA) is 63.1 Å². The van der Waals surface area contributed by atoms with Crippen molar-refractivity contribution in [2.45, 2.75) is 32.6 Å². The Balaban J connectivity index is 0.00000220. The second kappa shape index (κ2) is 8.20. The van der Waals surface area contributed by atoms with Gasteiger partial charge in [-0.2, -0.15) is 0 Å². The highest BCUT2D eigenvalue weighted by atomic mass is 35.5. The van der Waals surface area contributed by atoms with E-state index in [0.717, 1.165) is 43.6 Å². The highest BCUT2D eigenvalue weighted by Crippen LogP contribution is 2.18. The number of carbonyl (C=O) groups excluding carboxylic acids is 1. The first kappa shape index (κ1) is 17.7. The number of nitrogens with one attached hydrogen (secondary N) is 2. The summed E-state index contributed by atoms with van der Waals surface area (Å²) in [5, 5.41) is 6.23. The number of rotatable bonds is 4. The van der Waals surface area contributed by atoms with E-state index in [2.05, 4.69) is 10.6 Å². The zero-order valence-corrected chi connectivity index (χ0v) is 13.5. The van der Waals surface area contributed by atoms with Crippen molar-refractivity contribution >= 4 is 24.0 Å². The molecule has 2 heterocycles. The number of carbonyl (C=O) groups is 1. The van der Waals surface area contributed by atoms with E-state index in [9.17, 15) is 9.59 Å². The van der Waals surface area contributed by atoms with Crippen molar-refractivity contribution in [3.8, 4) is 0 Å². The van der Waals surface area contributed by atoms with E-state index in [0.29, 0.717) is 12.3 Å². The van der Waals surface area contributed by atoms with Crippen LogP contribution in [-0.4, -0.2) is 23.6 Å². The zero-order valence-electron chi connectivity index (χ0n) is 12.6. The average molecular weight is 314 g/mol. The Hall–Kier alpha value is -1.33. The van der Waals surface area contributed by atoms with Crippen LogP contribution in [0.3, 0.4) is 0 Å². The van der Waals surface area contributed by atoms with Crippen LogP contribution in [0.25, 0.3) is 0 Å². The molecule has 2 N–H and O–H groups in total. The highest BCUT2D eigenvalue weighted by Gasteiger charge is 2.15. The van der Waals surface area contributed by atoms with Gasteiger partial charge in [0.05, 0.1) is 5.69 Å². The Kier molecular flexibility index (Phi) is 6.92. The molecule has 5 nitrogen and oxygen atoms in total. The fourth-order valence-corrected chi connectivity index (χ4v) is 2.57. The molecule has 21 heavy (non-hydrogen) atoms. The molecule has 0 unspecified atom stereocenters. The smallest absolute Gasteiger partial charge is 0.250 e. The lowest BCUT2D eigenvalue weighted by Crippen LogP contribution is -2.28. The molecule has 1 aliphatic heterocycles. The number of amides is 1. The van der Waals surface area contributed by atoms with E-state index >= 15 is 0 Å². The van der Waals surface area contributed by atoms with Gasteiger partial charge in [0.15, 0.2) is 0 Å². The maximum absolute atomic E-state index is 12.0. The number of aryl methyl sites for hydroxylation is 2. The molecule has 1 aromatic rings. The van der Waals surface area contributed by atoms with Gasteiger partial charge in [0.1, 0.15) is 0 Å². The molecule has 1 aliphatic rings. The van der Waals surface area contributed by atoms with Crippen molar-refractivity contribution in [2.75, 3.05) is 18.4 Å². The summed E-state index contributed by atoms with van der Waals surface area (Å²) in [5.74, 6) is 0.688. The number of piperidine rings is 1. The Morgan fingerprint density at radius 3 is 2.76 bits per heavy atom. The van der Waals surface area contributed by atoms with E-state index in [1.54, 1.807) is 19.3 Å². The van der Waals surface area contributed by atoms with Crippen molar-refractivity contribution < 1.29 is 4.79 Å². The Morgan fingerprint density at radius 1 is 1.43 bits per heavy atom. The lowest BCUT2D eigenvalue weighted by molar-refractivity contribution is -0.116. The quantitative estimate of drug-likeness (QED) is 0.891. The van der Waals surface area contributed by atoms with Gasteiger partial charge in [0.25, 0.3) is 5.56 Å². The molecule has 1 saturated heterocycles. The number of hydrogen-bond donors (Lipinski definition) is 2. The molecule has 0 radical (unpaired) electrons. The molecule has 1 fully saturated rings. The first-order valence-electron chi connectivity index (χ1n) is 7.24. The second-order valence-corrected chi connectivity index (χ2v) is 5.60. The molecule has 1 aromatic heterocycles. The van der Waals surface area contributed by atoms with E-state index in [4.69, 9.17) is 0 Å². The van der Waals surface area contributed by atoms with Gasteiger partial charge in [-0.05, 0) is 50.8 Å². The van der Waals surface area contributed by atoms with Gasteiger partial charge in [-0.3, -0.25) is 9.59 Å². The van der Waals surface area contributed by atoms with Gasteiger partial charge >= 0.3 is 0 Å². The standard InChI is InChI=1S/C15H23N3O2.ClH/c1-11-9-15(20)18(2)10-13(11)17-14(19)4-3-12-5-7-16-8-6-12;/h9-10,12,16H,3-8H2,1-2H3,(H,17,19);1H. The molecular weight excluding hydrogens is 290 g/mol. The number of pyridine rings is 1. The van der Waals surface area contributed by atoms with E-state index in [-0.39, 0.29) is 23.9 Å². The van der Waals surface area contributed by atoms with Crippen LogP contribution >= 0.6 is 12.4 Å². The summed E-state index contributed by atoms with van der Waals surface area (Å²) in [7, 11) is 1.69. The third-order valence-electron chi connectivity index (χ3n) is 3.95. The molecule has 0 aliphatic carbocycles. The zero-order chi connectivity index (χ0) is 14.5. The molecule has 0 bridgehead atoms. The maximum atomic E-state index is 12.0. The molecule has 0 aromatic carbocycles. The molecule has 118 valence electrons. The van der Waals surface area contributed by atoms with Crippen LogP contribution in [0.4, 0.5) is 5.69 Å². The van der Waals surface area contributed by atoms with Crippen molar-refractivity contribution in [3.63, 3.8) is 0 Å². The summed E-state index contributed by atoms with van der Waals surface area (Å²) in [6.07, 6.45) is 5.49. The van der Waals surface area contributed by atoms with Crippen LogP contribution in [0, 0.1) is 12.8 Å². The summed E-state index contributed by atoms with van der Waals surface area (Å²) < 4.78 is 1.48. The van der Waals surface area contributed by atoms with Gasteiger partial charge in [0, 0.05) is 25.7 Å². The highest BCUT2D eigenvalue weighted by molar-refractivity contribution is 5.91. The molecule has 0 atom stereocenters. The Labute approximate surface area is 131 Å². The van der Waals surface area contributed by atoms with Crippen LogP contribution in [0.1, 0.15) is 31.2 Å². The van der Waals surface area contributed by atoms with E-state index in [1.807, 2.05) is 6.92 Å². The summed E-state index contributed by atoms with van der Waals surface area (Å²) in [6, 6.07) is 1.54. The Bertz CT molecular complexity index is 536. The number of anilines is 1. The minimum atomic E-state index is -0.0600. The molecular formula is C15H24ClN3O2. The third-order valence-corrected chi connectivity index (χ3v) is 3.95. The SMILES string of the molecule is Cc1cc(=O)n(C)cc1NC(=O)CCC1CCNCC1.Cl. The van der Waals surface area contributed by atoms with Crippen LogP contribution in [0.15, 0.2) is 17.1 Å². The molecule has 0 saturated carbocycles. The van der Waals surface area contributed by atoms with E-state index in [1.165, 1.54) is 4.57 Å². The predicted molar refractivity (Wildman–Crippen MR) is 87.1 cm³/mol. The van der Waals surface area contributed by atoms with Gasteiger partial charge in [0.2, 0.25) is 5.91 Å². The van der Waals surface area contributed by atoms with Gasteiger partial charge in [-0.1, -0.05) is 0 Å². The molecule has 2 rings (SSSR count). The van der Waals surface area contributed by atoms with Gasteiger partial charge in [-0.25, -0.2) is 0 Å². The molecule has 1 amide bonds. The maximum Gasteiger partial charge on any atom is 0.250 e. The normalized spacial score (nSPS) is 15.3. The summed E-state index contributed by atoms with van der Waals surface area (Å²) in [6.45, 7) is 3.96. The monoisotopic (exact) mass is 313 g/mol. The fraction of sp³-hybridized carbons (Fsp3) is 0.600. The largest absolute Gasteiger partial charge is 0.325 e. The van der Waals surface area contributed by atoms with Crippen molar-refractivity contribution in [1.29, 1.82) is 0 Å². The lowest BCUT2D eigenvalue weighted by Gasteiger charge is -2.22. The molecule has 6 heteroatoms. The third kappa shape index (κ3) is 5.17. The van der Waals surface area contributed by atoms with Gasteiger partial charge in [-0.15, -0.1) is 12.4 Å². The lowest BCUT2D eigenvalue weighted by atomic mass is 9.93. The van der Waals surface area contributed by atoms with Crippen LogP contribution in [0.2, 0.25) is 0 Å². The summed E-state index contributed by atoms with van der Waals surface area (Å²) >= 11 is 0. The fourth-order valence-electron chi connectivity index (χ4n) is 2.57. The van der Waals surface area contributed by atoms with Crippen molar-refractivity contribution in [3.05, 3.63) is 28.2 Å². The van der Waals surface area contributed by atoms with Crippen molar-refractivity contribution in [2.24, 2.45) is 13.0 Å². The first-order chi connectivity index (χ1) is 9.56. The van der Waals surface area contributed by atoms with Crippen molar-refractivity contribution in [1.82, 2.24) is 9.88 Å². The average Bonchev–Trinajstić information content (AvgIpc) is 2.44.